The molecule has 23 heavy (non-hydrogen) atoms. The molecule has 3 rings (SSSR count). The number of carbonyl (C=O) groups excluding carboxylic acids is 1. The summed E-state index contributed by atoms with van der Waals surface area (Å²) in [6.07, 6.45) is 3.45. The lowest BCUT2D eigenvalue weighted by Gasteiger charge is -2.03. The van der Waals surface area contributed by atoms with E-state index < -0.39 is 0 Å². The van der Waals surface area contributed by atoms with Crippen LogP contribution in [0.15, 0.2) is 66.7 Å². The summed E-state index contributed by atoms with van der Waals surface area (Å²) < 4.78 is 1.82. The number of rotatable bonds is 4. The Kier molecular flexibility index (Phi) is 4.20. The van der Waals surface area contributed by atoms with Crippen LogP contribution in [0, 0.1) is 13.8 Å². The van der Waals surface area contributed by atoms with Crippen molar-refractivity contribution in [2.75, 3.05) is 0 Å². The van der Waals surface area contributed by atoms with Gasteiger partial charge in [-0.2, -0.15) is 5.10 Å². The van der Waals surface area contributed by atoms with Crippen LogP contribution in [-0.2, 0) is 0 Å². The van der Waals surface area contributed by atoms with E-state index in [9.17, 15) is 4.79 Å². The van der Waals surface area contributed by atoms with E-state index in [1.807, 2.05) is 85.3 Å². The molecule has 2 aromatic carbocycles. The summed E-state index contributed by atoms with van der Waals surface area (Å²) in [4.78, 5) is 12.6. The minimum Gasteiger partial charge on any atom is -0.289 e. The van der Waals surface area contributed by atoms with Gasteiger partial charge in [-0.3, -0.25) is 4.79 Å². The maximum Gasteiger partial charge on any atom is 0.189 e. The predicted molar refractivity (Wildman–Crippen MR) is 92.8 cm³/mol. The first kappa shape index (κ1) is 15.0. The van der Waals surface area contributed by atoms with Crippen molar-refractivity contribution in [3.05, 3.63) is 89.3 Å². The molecule has 3 aromatic rings. The van der Waals surface area contributed by atoms with Gasteiger partial charge in [-0.05, 0) is 37.6 Å². The standard InChI is InChI=1S/C20H18N2O/c1-15-20(19(23)14-13-17-9-5-3-6-10-17)16(2)22(21-15)18-11-7-4-8-12-18/h3-14H,1-2H3. The predicted octanol–water partition coefficient (Wildman–Crippen LogP) is 4.39. The lowest BCUT2D eigenvalue weighted by molar-refractivity contribution is 0.104. The fourth-order valence-electron chi connectivity index (χ4n) is 2.64. The first-order chi connectivity index (χ1) is 11.2. The molecule has 0 amide bonds. The highest BCUT2D eigenvalue weighted by Gasteiger charge is 2.17. The molecule has 0 aliphatic rings. The van der Waals surface area contributed by atoms with Gasteiger partial charge in [0.1, 0.15) is 0 Å². The molecule has 0 saturated carbocycles. The molecule has 3 nitrogen and oxygen atoms in total. The summed E-state index contributed by atoms with van der Waals surface area (Å²) >= 11 is 0. The van der Waals surface area contributed by atoms with E-state index in [4.69, 9.17) is 0 Å². The van der Waals surface area contributed by atoms with E-state index in [1.54, 1.807) is 6.08 Å². The first-order valence-electron chi connectivity index (χ1n) is 7.56. The van der Waals surface area contributed by atoms with Crippen LogP contribution in [0.4, 0.5) is 0 Å². The summed E-state index contributed by atoms with van der Waals surface area (Å²) in [7, 11) is 0. The molecule has 0 aliphatic carbocycles. The molecule has 0 saturated heterocycles. The van der Waals surface area contributed by atoms with Crippen molar-refractivity contribution in [1.29, 1.82) is 0 Å². The lowest BCUT2D eigenvalue weighted by atomic mass is 10.1. The van der Waals surface area contributed by atoms with Crippen molar-refractivity contribution in [2.45, 2.75) is 13.8 Å². The summed E-state index contributed by atoms with van der Waals surface area (Å²) in [6, 6.07) is 19.6. The molecule has 0 unspecified atom stereocenters. The Morgan fingerprint density at radius 2 is 1.57 bits per heavy atom. The average molecular weight is 302 g/mol. The molecule has 0 spiro atoms. The third-order valence-corrected chi connectivity index (χ3v) is 3.77. The maximum absolute atomic E-state index is 12.6. The Balaban J connectivity index is 1.93. The number of nitrogens with zero attached hydrogens (tertiary/aromatic N) is 2. The normalized spacial score (nSPS) is 11.0. The Labute approximate surface area is 135 Å². The first-order valence-corrected chi connectivity index (χ1v) is 7.56. The van der Waals surface area contributed by atoms with Crippen LogP contribution >= 0.6 is 0 Å². The zero-order valence-electron chi connectivity index (χ0n) is 13.2. The number of aromatic nitrogens is 2. The number of carbonyl (C=O) groups is 1. The average Bonchev–Trinajstić information content (AvgIpc) is 2.89. The quantitative estimate of drug-likeness (QED) is 0.529. The van der Waals surface area contributed by atoms with Crippen LogP contribution in [0.1, 0.15) is 27.3 Å². The monoisotopic (exact) mass is 302 g/mol. The van der Waals surface area contributed by atoms with E-state index in [2.05, 4.69) is 5.10 Å². The molecular formula is C20H18N2O. The molecule has 0 bridgehead atoms. The number of ketones is 1. The van der Waals surface area contributed by atoms with Crippen molar-refractivity contribution in [3.63, 3.8) is 0 Å². The van der Waals surface area contributed by atoms with Crippen molar-refractivity contribution >= 4 is 11.9 Å². The van der Waals surface area contributed by atoms with E-state index in [0.717, 1.165) is 22.6 Å². The SMILES string of the molecule is Cc1nn(-c2ccccc2)c(C)c1C(=O)C=Cc1ccccc1. The number of allylic oxidation sites excluding steroid dienone is 1. The van der Waals surface area contributed by atoms with Gasteiger partial charge in [-0.25, -0.2) is 4.68 Å². The molecule has 1 heterocycles. The van der Waals surface area contributed by atoms with Crippen LogP contribution in [0.3, 0.4) is 0 Å². The molecule has 0 atom stereocenters. The number of para-hydroxylation sites is 1. The summed E-state index contributed by atoms with van der Waals surface area (Å²) in [5, 5.41) is 4.52. The minimum atomic E-state index is -0.0222. The topological polar surface area (TPSA) is 34.9 Å². The highest BCUT2D eigenvalue weighted by molar-refractivity contribution is 6.08. The third-order valence-electron chi connectivity index (χ3n) is 3.77. The lowest BCUT2D eigenvalue weighted by Crippen LogP contribution is -2.01. The molecule has 0 fully saturated rings. The van der Waals surface area contributed by atoms with Gasteiger partial charge in [-0.1, -0.05) is 54.6 Å². The van der Waals surface area contributed by atoms with Gasteiger partial charge in [0.2, 0.25) is 0 Å². The van der Waals surface area contributed by atoms with Crippen molar-refractivity contribution in [3.8, 4) is 5.69 Å². The van der Waals surface area contributed by atoms with Crippen LogP contribution in [-0.4, -0.2) is 15.6 Å². The molecule has 0 aliphatic heterocycles. The van der Waals surface area contributed by atoms with Gasteiger partial charge < -0.3 is 0 Å². The molecule has 3 heteroatoms. The van der Waals surface area contributed by atoms with E-state index in [0.29, 0.717) is 5.56 Å². The zero-order valence-corrected chi connectivity index (χ0v) is 13.2. The van der Waals surface area contributed by atoms with Gasteiger partial charge in [0.15, 0.2) is 5.78 Å². The van der Waals surface area contributed by atoms with Gasteiger partial charge >= 0.3 is 0 Å². The number of benzene rings is 2. The minimum absolute atomic E-state index is 0.0222. The second kappa shape index (κ2) is 6.44. The fourth-order valence-corrected chi connectivity index (χ4v) is 2.64. The van der Waals surface area contributed by atoms with Crippen LogP contribution in [0.25, 0.3) is 11.8 Å². The Bertz CT molecular complexity index is 846. The summed E-state index contributed by atoms with van der Waals surface area (Å²) in [5.74, 6) is -0.0222. The zero-order chi connectivity index (χ0) is 16.2. The highest BCUT2D eigenvalue weighted by Crippen LogP contribution is 2.19. The second-order valence-corrected chi connectivity index (χ2v) is 5.40. The molecule has 1 aromatic heterocycles. The second-order valence-electron chi connectivity index (χ2n) is 5.40. The smallest absolute Gasteiger partial charge is 0.189 e. The van der Waals surface area contributed by atoms with Crippen LogP contribution in [0.5, 0.6) is 0 Å². The van der Waals surface area contributed by atoms with Crippen molar-refractivity contribution in [2.24, 2.45) is 0 Å². The summed E-state index contributed by atoms with van der Waals surface area (Å²) in [6.45, 7) is 3.80. The van der Waals surface area contributed by atoms with E-state index >= 15 is 0 Å². The Hall–Kier alpha value is -2.94. The van der Waals surface area contributed by atoms with Crippen molar-refractivity contribution in [1.82, 2.24) is 9.78 Å². The van der Waals surface area contributed by atoms with E-state index in [-0.39, 0.29) is 5.78 Å². The van der Waals surface area contributed by atoms with Gasteiger partial charge in [0.05, 0.1) is 22.6 Å². The number of hydrogen-bond acceptors (Lipinski definition) is 2. The summed E-state index contributed by atoms with van der Waals surface area (Å²) in [5.41, 5.74) is 4.23. The van der Waals surface area contributed by atoms with Crippen LogP contribution < -0.4 is 0 Å². The maximum atomic E-state index is 12.6. The molecule has 0 N–H and O–H groups in total. The molecule has 114 valence electrons. The Morgan fingerprint density at radius 3 is 2.22 bits per heavy atom. The Morgan fingerprint density at radius 1 is 0.957 bits per heavy atom. The molecule has 0 radical (unpaired) electrons. The van der Waals surface area contributed by atoms with Gasteiger partial charge in [0, 0.05) is 0 Å². The van der Waals surface area contributed by atoms with Crippen molar-refractivity contribution < 1.29 is 4.79 Å². The van der Waals surface area contributed by atoms with Gasteiger partial charge in [-0.15, -0.1) is 0 Å². The highest BCUT2D eigenvalue weighted by atomic mass is 16.1. The van der Waals surface area contributed by atoms with E-state index in [1.165, 1.54) is 0 Å². The number of hydrogen-bond donors (Lipinski definition) is 0. The number of aryl methyl sites for hydroxylation is 1. The molecular weight excluding hydrogens is 284 g/mol. The fraction of sp³-hybridized carbons (Fsp3) is 0.100. The third kappa shape index (κ3) is 3.14. The van der Waals surface area contributed by atoms with Crippen LogP contribution in [0.2, 0.25) is 0 Å². The largest absolute Gasteiger partial charge is 0.289 e. The van der Waals surface area contributed by atoms with Gasteiger partial charge in [0.25, 0.3) is 0 Å².